The van der Waals surface area contributed by atoms with Crippen molar-refractivity contribution >= 4 is 23.5 Å². The lowest BCUT2D eigenvalue weighted by Crippen LogP contribution is -2.31. The monoisotopic (exact) mass is 307 g/mol. The van der Waals surface area contributed by atoms with Crippen molar-refractivity contribution in [2.45, 2.75) is 13.0 Å². The number of halogens is 1. The molecule has 0 aliphatic heterocycles. The maximum atomic E-state index is 11.8. The lowest BCUT2D eigenvalue weighted by Gasteiger charge is -2.15. The van der Waals surface area contributed by atoms with Crippen LogP contribution in [0.5, 0.6) is 0 Å². The summed E-state index contributed by atoms with van der Waals surface area (Å²) in [5, 5.41) is 3.27. The van der Waals surface area contributed by atoms with E-state index in [1.165, 1.54) is 12.3 Å². The fraction of sp³-hybridized carbons (Fsp3) is 0.200. The molecule has 1 atom stereocenters. The van der Waals surface area contributed by atoms with Gasteiger partial charge >= 0.3 is 5.97 Å². The lowest BCUT2D eigenvalue weighted by molar-refractivity contribution is -0.124. The number of furan rings is 1. The molecule has 0 saturated heterocycles. The van der Waals surface area contributed by atoms with Gasteiger partial charge in [-0.15, -0.1) is 0 Å². The molecular weight excluding hydrogens is 294 g/mol. The Hall–Kier alpha value is -2.27. The molecule has 0 aliphatic carbocycles. The van der Waals surface area contributed by atoms with Gasteiger partial charge in [-0.3, -0.25) is 4.79 Å². The summed E-state index contributed by atoms with van der Waals surface area (Å²) < 4.78 is 9.71. The zero-order valence-corrected chi connectivity index (χ0v) is 12.1. The second-order valence-electron chi connectivity index (χ2n) is 4.36. The Morgan fingerprint density at radius 2 is 2.05 bits per heavy atom. The summed E-state index contributed by atoms with van der Waals surface area (Å²) in [4.78, 5) is 23.3. The van der Waals surface area contributed by atoms with Crippen molar-refractivity contribution in [1.82, 2.24) is 5.32 Å². The van der Waals surface area contributed by atoms with Gasteiger partial charge in [-0.05, 0) is 30.7 Å². The van der Waals surface area contributed by atoms with Gasteiger partial charge in [-0.2, -0.15) is 0 Å². The summed E-state index contributed by atoms with van der Waals surface area (Å²) in [6.45, 7) is 1.42. The van der Waals surface area contributed by atoms with Gasteiger partial charge in [0.15, 0.2) is 6.61 Å². The molecule has 1 aromatic heterocycles. The van der Waals surface area contributed by atoms with Crippen LogP contribution in [-0.4, -0.2) is 18.5 Å². The van der Waals surface area contributed by atoms with E-state index in [0.29, 0.717) is 5.02 Å². The average molecular weight is 308 g/mol. The van der Waals surface area contributed by atoms with Crippen molar-refractivity contribution in [3.8, 4) is 0 Å². The molecule has 0 bridgehead atoms. The Morgan fingerprint density at radius 1 is 1.29 bits per heavy atom. The minimum atomic E-state index is -0.680. The molecule has 110 valence electrons. The van der Waals surface area contributed by atoms with Crippen molar-refractivity contribution in [3.63, 3.8) is 0 Å². The van der Waals surface area contributed by atoms with Gasteiger partial charge in [0.25, 0.3) is 5.91 Å². The van der Waals surface area contributed by atoms with Gasteiger partial charge in [-0.25, -0.2) is 4.79 Å². The van der Waals surface area contributed by atoms with E-state index in [4.69, 9.17) is 20.8 Å². The second kappa shape index (κ2) is 6.95. The molecule has 1 heterocycles. The molecule has 5 nitrogen and oxygen atoms in total. The molecule has 1 amide bonds. The smallest absolute Gasteiger partial charge is 0.374 e. The normalized spacial score (nSPS) is 11.7. The van der Waals surface area contributed by atoms with Crippen LogP contribution in [0, 0.1) is 0 Å². The van der Waals surface area contributed by atoms with E-state index in [2.05, 4.69) is 5.32 Å². The van der Waals surface area contributed by atoms with Crippen LogP contribution in [-0.2, 0) is 9.53 Å². The zero-order chi connectivity index (χ0) is 15.2. The fourth-order valence-corrected chi connectivity index (χ4v) is 2.08. The lowest BCUT2D eigenvalue weighted by atomic mass is 10.1. The molecule has 1 aromatic carbocycles. The van der Waals surface area contributed by atoms with Gasteiger partial charge in [0.2, 0.25) is 5.76 Å². The minimum absolute atomic E-state index is 0.0574. The maximum absolute atomic E-state index is 11.8. The highest BCUT2D eigenvalue weighted by atomic mass is 35.5. The number of esters is 1. The van der Waals surface area contributed by atoms with Crippen molar-refractivity contribution in [1.29, 1.82) is 0 Å². The number of benzene rings is 1. The molecule has 0 saturated carbocycles. The molecule has 21 heavy (non-hydrogen) atoms. The van der Waals surface area contributed by atoms with Crippen LogP contribution < -0.4 is 5.32 Å². The third-order valence-corrected chi connectivity index (χ3v) is 3.15. The molecule has 2 aromatic rings. The predicted octanol–water partition coefficient (Wildman–Crippen LogP) is 2.97. The molecule has 1 N–H and O–H groups in total. The Balaban J connectivity index is 1.85. The Morgan fingerprint density at radius 3 is 2.71 bits per heavy atom. The standard InChI is InChI=1S/C15H14ClNO4/c1-10(11-5-2-3-6-12(11)16)17-14(18)9-21-15(19)13-7-4-8-20-13/h2-8,10H,9H2,1H3,(H,17,18)/t10-/m1/s1. The number of hydrogen-bond donors (Lipinski definition) is 1. The van der Waals surface area contributed by atoms with Crippen LogP contribution in [0.4, 0.5) is 0 Å². The highest BCUT2D eigenvalue weighted by molar-refractivity contribution is 6.31. The maximum Gasteiger partial charge on any atom is 0.374 e. The van der Waals surface area contributed by atoms with E-state index in [0.717, 1.165) is 5.56 Å². The van der Waals surface area contributed by atoms with E-state index in [9.17, 15) is 9.59 Å². The number of rotatable bonds is 5. The summed E-state index contributed by atoms with van der Waals surface area (Å²) in [7, 11) is 0. The average Bonchev–Trinajstić information content (AvgIpc) is 2.99. The van der Waals surface area contributed by atoms with Crippen LogP contribution in [0.1, 0.15) is 29.1 Å². The number of carbonyl (C=O) groups is 2. The summed E-state index contributed by atoms with van der Waals surface area (Å²) in [5.74, 6) is -1.04. The van der Waals surface area contributed by atoms with E-state index in [1.54, 1.807) is 19.1 Å². The Bertz CT molecular complexity index is 624. The molecule has 0 spiro atoms. The minimum Gasteiger partial charge on any atom is -0.457 e. The largest absolute Gasteiger partial charge is 0.457 e. The van der Waals surface area contributed by atoms with E-state index >= 15 is 0 Å². The predicted molar refractivity (Wildman–Crippen MR) is 77.0 cm³/mol. The third kappa shape index (κ3) is 4.10. The topological polar surface area (TPSA) is 68.5 Å². The molecular formula is C15H14ClNO4. The van der Waals surface area contributed by atoms with Crippen molar-refractivity contribution < 1.29 is 18.7 Å². The second-order valence-corrected chi connectivity index (χ2v) is 4.77. The first-order valence-electron chi connectivity index (χ1n) is 6.32. The van der Waals surface area contributed by atoms with Gasteiger partial charge in [-0.1, -0.05) is 29.8 Å². The quantitative estimate of drug-likeness (QED) is 0.862. The van der Waals surface area contributed by atoms with E-state index < -0.39 is 11.9 Å². The van der Waals surface area contributed by atoms with E-state index in [1.807, 2.05) is 18.2 Å². The molecule has 0 radical (unpaired) electrons. The number of amides is 1. The van der Waals surface area contributed by atoms with E-state index in [-0.39, 0.29) is 18.4 Å². The first kappa shape index (κ1) is 15.1. The molecule has 0 aliphatic rings. The molecule has 0 unspecified atom stereocenters. The number of nitrogens with one attached hydrogen (secondary N) is 1. The van der Waals surface area contributed by atoms with Gasteiger partial charge in [0.1, 0.15) is 0 Å². The first-order valence-corrected chi connectivity index (χ1v) is 6.70. The first-order chi connectivity index (χ1) is 10.1. The number of carbonyl (C=O) groups excluding carboxylic acids is 2. The Labute approximate surface area is 126 Å². The summed E-state index contributed by atoms with van der Waals surface area (Å²) in [5.41, 5.74) is 0.796. The van der Waals surface area contributed by atoms with Crippen molar-refractivity contribution in [2.75, 3.05) is 6.61 Å². The summed E-state index contributed by atoms with van der Waals surface area (Å²) >= 11 is 6.05. The molecule has 0 fully saturated rings. The number of ether oxygens (including phenoxy) is 1. The fourth-order valence-electron chi connectivity index (χ4n) is 1.78. The SMILES string of the molecule is C[C@@H](NC(=O)COC(=O)c1ccco1)c1ccccc1Cl. The van der Waals surface area contributed by atoms with Crippen LogP contribution in [0.2, 0.25) is 5.02 Å². The summed E-state index contributed by atoms with van der Waals surface area (Å²) in [6.07, 6.45) is 1.36. The van der Waals surface area contributed by atoms with Crippen LogP contribution in [0.15, 0.2) is 47.1 Å². The van der Waals surface area contributed by atoms with Crippen LogP contribution in [0.3, 0.4) is 0 Å². The summed E-state index contributed by atoms with van der Waals surface area (Å²) in [6, 6.07) is 9.96. The van der Waals surface area contributed by atoms with Gasteiger partial charge < -0.3 is 14.5 Å². The van der Waals surface area contributed by atoms with Crippen LogP contribution >= 0.6 is 11.6 Å². The zero-order valence-electron chi connectivity index (χ0n) is 11.3. The van der Waals surface area contributed by atoms with Crippen molar-refractivity contribution in [3.05, 3.63) is 59.0 Å². The van der Waals surface area contributed by atoms with Gasteiger partial charge in [0.05, 0.1) is 12.3 Å². The highest BCUT2D eigenvalue weighted by Gasteiger charge is 2.15. The van der Waals surface area contributed by atoms with Crippen LogP contribution in [0.25, 0.3) is 0 Å². The number of hydrogen-bond acceptors (Lipinski definition) is 4. The van der Waals surface area contributed by atoms with Crippen molar-refractivity contribution in [2.24, 2.45) is 0 Å². The molecule has 6 heteroatoms. The third-order valence-electron chi connectivity index (χ3n) is 2.81. The van der Waals surface area contributed by atoms with Gasteiger partial charge in [0, 0.05) is 5.02 Å². The Kier molecular flexibility index (Phi) is 5.00. The molecule has 2 rings (SSSR count). The highest BCUT2D eigenvalue weighted by Crippen LogP contribution is 2.21.